The first-order chi connectivity index (χ1) is 33.6. The molecule has 2 aromatic heterocycles. The number of piperidine rings is 1. The molecule has 1 unspecified atom stereocenters. The zero-order valence-electron chi connectivity index (χ0n) is 38.3. The number of ether oxygens (including phenoxy) is 3. The maximum Gasteiger partial charge on any atom is 0.264 e. The van der Waals surface area contributed by atoms with Gasteiger partial charge in [0.25, 0.3) is 17.7 Å². The Morgan fingerprint density at radius 1 is 0.797 bits per heavy atom. The zero-order chi connectivity index (χ0) is 48.1. The van der Waals surface area contributed by atoms with Crippen LogP contribution in [0.5, 0.6) is 0 Å². The zero-order valence-corrected chi connectivity index (χ0v) is 38.3. The molecule has 1 atom stereocenters. The van der Waals surface area contributed by atoms with Crippen LogP contribution in [0.3, 0.4) is 0 Å². The maximum atomic E-state index is 13.2. The topological polar surface area (TPSA) is 227 Å². The Bertz CT molecular complexity index is 2660. The number of amides is 6. The summed E-state index contributed by atoms with van der Waals surface area (Å²) in [6.45, 7) is 7.75. The molecule has 0 saturated carbocycles. The van der Waals surface area contributed by atoms with Crippen LogP contribution in [0.4, 0.5) is 23.0 Å². The Morgan fingerprint density at radius 2 is 1.57 bits per heavy atom. The van der Waals surface area contributed by atoms with Gasteiger partial charge < -0.3 is 35.1 Å². The largest absolute Gasteiger partial charge is 0.382 e. The number of pyridine rings is 1. The van der Waals surface area contributed by atoms with E-state index in [2.05, 4.69) is 41.1 Å². The van der Waals surface area contributed by atoms with E-state index in [-0.39, 0.29) is 42.2 Å². The summed E-state index contributed by atoms with van der Waals surface area (Å²) in [5.41, 5.74) is 6.48. The van der Waals surface area contributed by atoms with Gasteiger partial charge in [0.1, 0.15) is 6.04 Å². The Labute approximate surface area is 398 Å². The van der Waals surface area contributed by atoms with E-state index in [1.165, 1.54) is 0 Å². The summed E-state index contributed by atoms with van der Waals surface area (Å²) in [4.78, 5) is 94.6. The van der Waals surface area contributed by atoms with E-state index in [0.29, 0.717) is 88.7 Å². The van der Waals surface area contributed by atoms with E-state index < -0.39 is 29.7 Å². The highest BCUT2D eigenvalue weighted by atomic mass is 16.5. The third-order valence-electron chi connectivity index (χ3n) is 11.9. The molecule has 5 aromatic rings. The number of nitrogens with zero attached hydrogens (tertiary/aromatic N) is 6. The summed E-state index contributed by atoms with van der Waals surface area (Å²) in [7, 11) is 0. The van der Waals surface area contributed by atoms with E-state index in [1.807, 2.05) is 72.5 Å². The number of carbonyl (C=O) groups is 6. The van der Waals surface area contributed by atoms with Crippen LogP contribution in [0.2, 0.25) is 0 Å². The fourth-order valence-electron chi connectivity index (χ4n) is 8.21. The quantitative estimate of drug-likeness (QED) is 0.0590. The molecule has 4 N–H and O–H groups in total. The molecule has 5 heterocycles. The average Bonchev–Trinajstić information content (AvgIpc) is 3.62. The van der Waals surface area contributed by atoms with Crippen molar-refractivity contribution in [2.24, 2.45) is 0 Å². The van der Waals surface area contributed by atoms with Crippen molar-refractivity contribution in [2.45, 2.75) is 38.8 Å². The van der Waals surface area contributed by atoms with Crippen LogP contribution in [-0.4, -0.2) is 144 Å². The second-order valence-corrected chi connectivity index (χ2v) is 16.7. The summed E-state index contributed by atoms with van der Waals surface area (Å²) < 4.78 is 16.9. The van der Waals surface area contributed by atoms with Crippen molar-refractivity contribution in [1.29, 1.82) is 0 Å². The smallest absolute Gasteiger partial charge is 0.264 e. The van der Waals surface area contributed by atoms with Gasteiger partial charge in [0, 0.05) is 92.5 Å². The second-order valence-electron chi connectivity index (χ2n) is 16.7. The first-order valence-corrected chi connectivity index (χ1v) is 22.9. The lowest BCUT2D eigenvalue weighted by molar-refractivity contribution is -0.136. The van der Waals surface area contributed by atoms with Crippen LogP contribution in [0, 0.1) is 6.92 Å². The normalized spacial score (nSPS) is 16.0. The van der Waals surface area contributed by atoms with Crippen molar-refractivity contribution < 1.29 is 43.0 Å². The molecule has 0 bridgehead atoms. The van der Waals surface area contributed by atoms with E-state index >= 15 is 0 Å². The Hall–Kier alpha value is -7.45. The van der Waals surface area contributed by atoms with Crippen LogP contribution in [0.25, 0.3) is 11.3 Å². The summed E-state index contributed by atoms with van der Waals surface area (Å²) in [6, 6.07) is 22.7. The van der Waals surface area contributed by atoms with Crippen LogP contribution < -0.4 is 21.3 Å². The van der Waals surface area contributed by atoms with Crippen LogP contribution in [0.1, 0.15) is 61.5 Å². The van der Waals surface area contributed by atoms with Gasteiger partial charge in [0.2, 0.25) is 23.7 Å². The number of benzene rings is 3. The van der Waals surface area contributed by atoms with Gasteiger partial charge in [-0.2, -0.15) is 0 Å². The van der Waals surface area contributed by atoms with E-state index in [1.54, 1.807) is 36.8 Å². The molecular formula is C50H54N10O9. The summed E-state index contributed by atoms with van der Waals surface area (Å²) in [5, 5.41) is 11.6. The van der Waals surface area contributed by atoms with Crippen molar-refractivity contribution in [3.05, 3.63) is 125 Å². The third kappa shape index (κ3) is 12.4. The van der Waals surface area contributed by atoms with Crippen molar-refractivity contribution in [2.75, 3.05) is 88.3 Å². The molecule has 0 aliphatic carbocycles. The molecule has 358 valence electrons. The Morgan fingerprint density at radius 3 is 2.32 bits per heavy atom. The van der Waals surface area contributed by atoms with Gasteiger partial charge >= 0.3 is 0 Å². The van der Waals surface area contributed by atoms with Crippen molar-refractivity contribution >= 4 is 58.5 Å². The lowest BCUT2D eigenvalue weighted by atomic mass is 10.0. The molecule has 0 radical (unpaired) electrons. The SMILES string of the molecule is Cc1ccc(NC(=O)c2ccc(CN3CCN(C(=O)CCOCCOCCOCCNc4cccc5c4C(=O)N(C4CCC(=O)NC4=O)C5=O)CC3)cc2)cc1Nc1nccc(-c2cccnc2)n1. The molecule has 2 fully saturated rings. The number of hydrogen-bond acceptors (Lipinski definition) is 15. The molecule has 8 rings (SSSR count). The van der Waals surface area contributed by atoms with Crippen molar-refractivity contribution in [3.63, 3.8) is 0 Å². The number of piperazine rings is 1. The lowest BCUT2D eigenvalue weighted by Gasteiger charge is -2.34. The molecule has 6 amide bonds. The minimum atomic E-state index is -1.03. The van der Waals surface area contributed by atoms with E-state index in [9.17, 15) is 28.8 Å². The number of aryl methyl sites for hydroxylation is 1. The maximum absolute atomic E-state index is 13.2. The summed E-state index contributed by atoms with van der Waals surface area (Å²) >= 11 is 0. The molecule has 19 heteroatoms. The number of rotatable bonds is 21. The number of nitrogens with one attached hydrogen (secondary N) is 4. The molecule has 3 aliphatic rings. The van der Waals surface area contributed by atoms with Gasteiger partial charge in [-0.15, -0.1) is 0 Å². The van der Waals surface area contributed by atoms with E-state index in [0.717, 1.165) is 46.1 Å². The molecule has 2 saturated heterocycles. The molecular weight excluding hydrogens is 885 g/mol. The third-order valence-corrected chi connectivity index (χ3v) is 11.9. The van der Waals surface area contributed by atoms with Crippen LogP contribution in [-0.2, 0) is 35.1 Å². The molecule has 69 heavy (non-hydrogen) atoms. The molecule has 3 aromatic carbocycles. The van der Waals surface area contributed by atoms with Crippen LogP contribution >= 0.6 is 0 Å². The molecule has 3 aliphatic heterocycles. The first-order valence-electron chi connectivity index (χ1n) is 22.9. The number of aromatic nitrogens is 3. The van der Waals surface area contributed by atoms with Gasteiger partial charge in [-0.3, -0.25) is 48.9 Å². The van der Waals surface area contributed by atoms with E-state index in [4.69, 9.17) is 14.2 Å². The standard InChI is InChI=1S/C50H54N10O9/c1-33-7-12-37(30-41(33)56-50-53-18-15-39(55-50)36-4-3-17-51-31-36)54-46(63)35-10-8-34(9-11-35)32-58-20-22-59(23-21-58)44(62)16-24-67-26-28-69-29-27-68-25-19-52-40-6-2-5-38-45(40)49(66)60(48(38)65)42-13-14-43(61)57-47(42)64/h2-12,15,17-18,30-31,42,52H,13-14,16,19-29,32H2,1H3,(H,54,63)(H,53,55,56)(H,57,61,64). The predicted molar refractivity (Wildman–Crippen MR) is 255 cm³/mol. The van der Waals surface area contributed by atoms with Crippen molar-refractivity contribution in [3.8, 4) is 11.3 Å². The second kappa shape index (κ2) is 23.0. The first kappa shape index (κ1) is 48.0. The van der Waals surface area contributed by atoms with Crippen molar-refractivity contribution in [1.82, 2.24) is 35.0 Å². The molecule has 19 nitrogen and oxygen atoms in total. The van der Waals surface area contributed by atoms with Crippen LogP contribution in [0.15, 0.2) is 97.5 Å². The Kier molecular flexibility index (Phi) is 16.0. The average molecular weight is 939 g/mol. The molecule has 0 spiro atoms. The number of carbonyl (C=O) groups excluding carboxylic acids is 6. The highest BCUT2D eigenvalue weighted by molar-refractivity contribution is 6.25. The van der Waals surface area contributed by atoms with Gasteiger partial charge in [-0.05, 0) is 79.1 Å². The van der Waals surface area contributed by atoms with Gasteiger partial charge in [-0.25, -0.2) is 9.97 Å². The number of anilines is 4. The predicted octanol–water partition coefficient (Wildman–Crippen LogP) is 4.44. The van der Waals surface area contributed by atoms with Gasteiger partial charge in [0.15, 0.2) is 0 Å². The number of imide groups is 2. The monoisotopic (exact) mass is 938 g/mol. The minimum absolute atomic E-state index is 0.0517. The fraction of sp³-hybridized carbons (Fsp3) is 0.340. The van der Waals surface area contributed by atoms with Gasteiger partial charge in [0.05, 0.1) is 62.9 Å². The highest BCUT2D eigenvalue weighted by Crippen LogP contribution is 2.32. The number of hydrogen-bond donors (Lipinski definition) is 4. The minimum Gasteiger partial charge on any atom is -0.382 e. The highest BCUT2D eigenvalue weighted by Gasteiger charge is 2.45. The summed E-state index contributed by atoms with van der Waals surface area (Å²) in [6.07, 6.45) is 5.58. The summed E-state index contributed by atoms with van der Waals surface area (Å²) in [5.74, 6) is -1.95. The fourth-order valence-corrected chi connectivity index (χ4v) is 8.21. The van der Waals surface area contributed by atoms with Gasteiger partial charge in [-0.1, -0.05) is 24.3 Å². The number of fused-ring (bicyclic) bond motifs is 1. The lowest BCUT2D eigenvalue weighted by Crippen LogP contribution is -2.54. The Balaban J connectivity index is 0.661.